The monoisotopic (exact) mass is 226 g/mol. The van der Waals surface area contributed by atoms with Crippen molar-refractivity contribution in [3.05, 3.63) is 0 Å². The van der Waals surface area contributed by atoms with Gasteiger partial charge in [0.15, 0.2) is 0 Å². The maximum atomic E-state index is 5.75. The Bertz CT molecular complexity index is 183. The van der Waals surface area contributed by atoms with Crippen molar-refractivity contribution in [1.29, 1.82) is 0 Å². The molecular weight excluding hydrogens is 196 g/mol. The number of hydrogen-bond acceptors (Lipinski definition) is 2. The van der Waals surface area contributed by atoms with Crippen molar-refractivity contribution in [2.75, 3.05) is 0 Å². The minimum Gasteiger partial charge on any atom is -0.271 e. The zero-order valence-corrected chi connectivity index (χ0v) is 11.5. The fourth-order valence-corrected chi connectivity index (χ4v) is 3.33. The first-order valence-electron chi connectivity index (χ1n) is 7.02. The van der Waals surface area contributed by atoms with Crippen molar-refractivity contribution in [2.45, 2.75) is 65.8 Å². The van der Waals surface area contributed by atoms with Crippen LogP contribution in [0.3, 0.4) is 0 Å². The van der Waals surface area contributed by atoms with Gasteiger partial charge in [0, 0.05) is 6.04 Å². The van der Waals surface area contributed by atoms with E-state index in [1.54, 1.807) is 0 Å². The standard InChI is InChI=1S/C14H30N2/c1-5-10(2)9-14(16-15)13-7-11(3)6-12(4)8-13/h10-14,16H,5-9,15H2,1-4H3. The van der Waals surface area contributed by atoms with Gasteiger partial charge < -0.3 is 0 Å². The van der Waals surface area contributed by atoms with Gasteiger partial charge in [0.1, 0.15) is 0 Å². The van der Waals surface area contributed by atoms with Gasteiger partial charge in [0.2, 0.25) is 0 Å². The third-order valence-corrected chi connectivity index (χ3v) is 4.35. The van der Waals surface area contributed by atoms with Gasteiger partial charge in [-0.15, -0.1) is 0 Å². The van der Waals surface area contributed by atoms with Crippen molar-refractivity contribution in [3.63, 3.8) is 0 Å². The first kappa shape index (κ1) is 14.0. The molecule has 2 heteroatoms. The van der Waals surface area contributed by atoms with E-state index in [2.05, 4.69) is 33.1 Å². The predicted octanol–water partition coefficient (Wildman–Crippen LogP) is 3.33. The Morgan fingerprint density at radius 3 is 2.19 bits per heavy atom. The fraction of sp³-hybridized carbons (Fsp3) is 1.00. The van der Waals surface area contributed by atoms with Gasteiger partial charge in [0.25, 0.3) is 0 Å². The van der Waals surface area contributed by atoms with E-state index >= 15 is 0 Å². The normalized spacial score (nSPS) is 34.7. The summed E-state index contributed by atoms with van der Waals surface area (Å²) in [6.45, 7) is 9.38. The molecule has 0 radical (unpaired) electrons. The lowest BCUT2D eigenvalue weighted by Crippen LogP contribution is -2.44. The molecule has 4 atom stereocenters. The van der Waals surface area contributed by atoms with E-state index in [0.717, 1.165) is 23.7 Å². The summed E-state index contributed by atoms with van der Waals surface area (Å²) in [7, 11) is 0. The molecule has 1 rings (SSSR count). The van der Waals surface area contributed by atoms with E-state index in [1.807, 2.05) is 0 Å². The number of hydrogen-bond donors (Lipinski definition) is 2. The molecule has 1 fully saturated rings. The summed E-state index contributed by atoms with van der Waals surface area (Å²) >= 11 is 0. The van der Waals surface area contributed by atoms with E-state index in [4.69, 9.17) is 5.84 Å². The average Bonchev–Trinajstić information content (AvgIpc) is 2.24. The second-order valence-electron chi connectivity index (χ2n) is 6.20. The maximum absolute atomic E-state index is 5.75. The van der Waals surface area contributed by atoms with Crippen LogP contribution in [0.1, 0.15) is 59.8 Å². The lowest BCUT2D eigenvalue weighted by atomic mass is 9.72. The number of rotatable bonds is 5. The molecule has 0 saturated heterocycles. The number of nitrogens with two attached hydrogens (primary N) is 1. The van der Waals surface area contributed by atoms with Crippen LogP contribution in [-0.2, 0) is 0 Å². The highest BCUT2D eigenvalue weighted by Gasteiger charge is 2.29. The van der Waals surface area contributed by atoms with Crippen LogP contribution in [-0.4, -0.2) is 6.04 Å². The van der Waals surface area contributed by atoms with Crippen LogP contribution in [0.2, 0.25) is 0 Å². The Kier molecular flexibility index (Phi) is 5.77. The molecule has 2 nitrogen and oxygen atoms in total. The summed E-state index contributed by atoms with van der Waals surface area (Å²) < 4.78 is 0. The molecule has 4 unspecified atom stereocenters. The van der Waals surface area contributed by atoms with E-state index in [0.29, 0.717) is 6.04 Å². The van der Waals surface area contributed by atoms with Gasteiger partial charge in [-0.05, 0) is 49.4 Å². The molecule has 0 aliphatic heterocycles. The third-order valence-electron chi connectivity index (χ3n) is 4.35. The predicted molar refractivity (Wildman–Crippen MR) is 70.9 cm³/mol. The van der Waals surface area contributed by atoms with Gasteiger partial charge >= 0.3 is 0 Å². The molecule has 0 bridgehead atoms. The average molecular weight is 226 g/mol. The van der Waals surface area contributed by atoms with Crippen LogP contribution < -0.4 is 11.3 Å². The molecule has 0 aromatic rings. The highest BCUT2D eigenvalue weighted by molar-refractivity contribution is 4.83. The molecule has 0 heterocycles. The van der Waals surface area contributed by atoms with E-state index in [9.17, 15) is 0 Å². The SMILES string of the molecule is CCC(C)CC(NN)C1CC(C)CC(C)C1. The van der Waals surface area contributed by atoms with Crippen molar-refractivity contribution in [3.8, 4) is 0 Å². The van der Waals surface area contributed by atoms with Crippen LogP contribution in [0.25, 0.3) is 0 Å². The molecular formula is C14H30N2. The minimum atomic E-state index is 0.528. The van der Waals surface area contributed by atoms with Crippen molar-refractivity contribution >= 4 is 0 Å². The molecule has 0 amide bonds. The van der Waals surface area contributed by atoms with Gasteiger partial charge in [-0.1, -0.05) is 34.1 Å². The summed E-state index contributed by atoms with van der Waals surface area (Å²) in [4.78, 5) is 0. The fourth-order valence-electron chi connectivity index (χ4n) is 3.33. The van der Waals surface area contributed by atoms with Gasteiger partial charge in [0.05, 0.1) is 0 Å². The topological polar surface area (TPSA) is 38.0 Å². The molecule has 1 saturated carbocycles. The lowest BCUT2D eigenvalue weighted by Gasteiger charge is -2.37. The summed E-state index contributed by atoms with van der Waals surface area (Å²) in [5, 5.41) is 0. The number of nitrogens with one attached hydrogen (secondary N) is 1. The van der Waals surface area contributed by atoms with Crippen LogP contribution in [0.4, 0.5) is 0 Å². The second kappa shape index (κ2) is 6.61. The second-order valence-corrected chi connectivity index (χ2v) is 6.20. The van der Waals surface area contributed by atoms with Crippen molar-refractivity contribution < 1.29 is 0 Å². The summed E-state index contributed by atoms with van der Waals surface area (Å²) in [6.07, 6.45) is 6.61. The molecule has 1 aliphatic carbocycles. The molecule has 0 spiro atoms. The van der Waals surface area contributed by atoms with Crippen LogP contribution in [0.15, 0.2) is 0 Å². The van der Waals surface area contributed by atoms with E-state index < -0.39 is 0 Å². The minimum absolute atomic E-state index is 0.528. The van der Waals surface area contributed by atoms with Crippen LogP contribution in [0, 0.1) is 23.7 Å². The summed E-state index contributed by atoms with van der Waals surface area (Å²) in [5.41, 5.74) is 3.08. The first-order chi connectivity index (χ1) is 7.56. The highest BCUT2D eigenvalue weighted by atomic mass is 15.2. The zero-order chi connectivity index (χ0) is 12.1. The Morgan fingerprint density at radius 2 is 1.75 bits per heavy atom. The highest BCUT2D eigenvalue weighted by Crippen LogP contribution is 2.36. The van der Waals surface area contributed by atoms with Gasteiger partial charge in [-0.25, -0.2) is 0 Å². The smallest absolute Gasteiger partial charge is 0.0241 e. The van der Waals surface area contributed by atoms with Crippen LogP contribution in [0.5, 0.6) is 0 Å². The Labute approximate surface area is 101 Å². The Balaban J connectivity index is 2.50. The summed E-state index contributed by atoms with van der Waals surface area (Å²) in [6, 6.07) is 0.528. The number of hydrazine groups is 1. The van der Waals surface area contributed by atoms with Gasteiger partial charge in [-0.3, -0.25) is 11.3 Å². The quantitative estimate of drug-likeness (QED) is 0.557. The largest absolute Gasteiger partial charge is 0.271 e. The molecule has 1 aliphatic rings. The lowest BCUT2D eigenvalue weighted by molar-refractivity contribution is 0.161. The Morgan fingerprint density at radius 1 is 1.19 bits per heavy atom. The first-order valence-corrected chi connectivity index (χ1v) is 7.02. The molecule has 96 valence electrons. The molecule has 16 heavy (non-hydrogen) atoms. The zero-order valence-electron chi connectivity index (χ0n) is 11.5. The molecule has 0 aromatic carbocycles. The summed E-state index contributed by atoms with van der Waals surface area (Å²) in [5.74, 6) is 9.08. The van der Waals surface area contributed by atoms with Crippen molar-refractivity contribution in [2.24, 2.45) is 29.5 Å². The van der Waals surface area contributed by atoms with E-state index in [-0.39, 0.29) is 0 Å². The maximum Gasteiger partial charge on any atom is 0.0241 e. The van der Waals surface area contributed by atoms with E-state index in [1.165, 1.54) is 32.1 Å². The van der Waals surface area contributed by atoms with Crippen molar-refractivity contribution in [1.82, 2.24) is 5.43 Å². The van der Waals surface area contributed by atoms with Crippen LogP contribution >= 0.6 is 0 Å². The molecule has 0 aromatic heterocycles. The Hall–Kier alpha value is -0.0800. The van der Waals surface area contributed by atoms with Gasteiger partial charge in [-0.2, -0.15) is 0 Å². The molecule has 3 N–H and O–H groups in total. The third kappa shape index (κ3) is 4.06.